The summed E-state index contributed by atoms with van der Waals surface area (Å²) in [6.45, 7) is 2.05. The molecule has 0 spiro atoms. The number of ether oxygens (including phenoxy) is 3. The Morgan fingerprint density at radius 2 is 1.71 bits per heavy atom. The predicted octanol–water partition coefficient (Wildman–Crippen LogP) is 2.53. The molecule has 9 heteroatoms. The number of amides is 2. The number of aliphatic carboxylic acids is 1. The molecule has 0 radical (unpaired) electrons. The van der Waals surface area contributed by atoms with Gasteiger partial charge in [0.25, 0.3) is 0 Å². The van der Waals surface area contributed by atoms with Crippen molar-refractivity contribution < 1.29 is 33.7 Å². The number of carbonyl (C=O) groups is 3. The lowest BCUT2D eigenvalue weighted by Crippen LogP contribution is -2.54. The van der Waals surface area contributed by atoms with E-state index >= 15 is 0 Å². The number of nitrogens with one attached hydrogen (secondary N) is 2. The zero-order valence-electron chi connectivity index (χ0n) is 19.7. The van der Waals surface area contributed by atoms with Gasteiger partial charge in [0, 0.05) is 19.6 Å². The zero-order valence-corrected chi connectivity index (χ0v) is 19.7. The Morgan fingerprint density at radius 1 is 1.09 bits per heavy atom. The fourth-order valence-electron chi connectivity index (χ4n) is 4.64. The molecule has 1 heterocycles. The van der Waals surface area contributed by atoms with Gasteiger partial charge in [0.1, 0.15) is 12.6 Å². The van der Waals surface area contributed by atoms with Crippen LogP contribution < -0.4 is 10.6 Å². The van der Waals surface area contributed by atoms with Crippen LogP contribution in [0.1, 0.15) is 30.4 Å². The molecule has 4 rings (SSSR count). The second-order valence-corrected chi connectivity index (χ2v) is 8.86. The zero-order chi connectivity index (χ0) is 24.9. The summed E-state index contributed by atoms with van der Waals surface area (Å²) < 4.78 is 16.3. The summed E-state index contributed by atoms with van der Waals surface area (Å²) in [6, 6.07) is 15.1. The van der Waals surface area contributed by atoms with Crippen molar-refractivity contribution in [1.29, 1.82) is 0 Å². The molecule has 186 valence electrons. The first kappa shape index (κ1) is 24.7. The molecule has 0 saturated carbocycles. The lowest BCUT2D eigenvalue weighted by atomic mass is 9.98. The van der Waals surface area contributed by atoms with E-state index in [2.05, 4.69) is 22.8 Å². The fourth-order valence-corrected chi connectivity index (χ4v) is 4.64. The van der Waals surface area contributed by atoms with Crippen molar-refractivity contribution in [2.45, 2.75) is 37.5 Å². The van der Waals surface area contributed by atoms with Crippen LogP contribution in [0.3, 0.4) is 0 Å². The van der Waals surface area contributed by atoms with E-state index in [0.29, 0.717) is 6.42 Å². The number of carboxylic acids is 1. The highest BCUT2D eigenvalue weighted by atomic mass is 16.5. The third kappa shape index (κ3) is 5.47. The monoisotopic (exact) mass is 482 g/mol. The lowest BCUT2D eigenvalue weighted by Gasteiger charge is -2.24. The van der Waals surface area contributed by atoms with E-state index in [-0.39, 0.29) is 25.7 Å². The van der Waals surface area contributed by atoms with Crippen LogP contribution >= 0.6 is 0 Å². The first-order valence-electron chi connectivity index (χ1n) is 11.7. The third-order valence-electron chi connectivity index (χ3n) is 6.67. The van der Waals surface area contributed by atoms with E-state index in [1.54, 1.807) is 6.92 Å². The van der Waals surface area contributed by atoms with Crippen molar-refractivity contribution >= 4 is 18.0 Å². The molecule has 1 aliphatic carbocycles. The number of rotatable bonds is 9. The smallest absolute Gasteiger partial charge is 0.407 e. The molecule has 3 N–H and O–H groups in total. The first-order chi connectivity index (χ1) is 16.9. The minimum Gasteiger partial charge on any atom is -0.481 e. The van der Waals surface area contributed by atoms with Crippen molar-refractivity contribution in [3.05, 3.63) is 59.7 Å². The van der Waals surface area contributed by atoms with Crippen molar-refractivity contribution in [2.75, 3.05) is 26.9 Å². The molecule has 2 aromatic carbocycles. The Morgan fingerprint density at radius 3 is 2.29 bits per heavy atom. The Labute approximate surface area is 203 Å². The van der Waals surface area contributed by atoms with Gasteiger partial charge in [-0.2, -0.15) is 0 Å². The summed E-state index contributed by atoms with van der Waals surface area (Å²) in [7, 11) is 1.45. The van der Waals surface area contributed by atoms with Gasteiger partial charge < -0.3 is 30.0 Å². The van der Waals surface area contributed by atoms with Crippen LogP contribution in [-0.4, -0.2) is 68.2 Å². The van der Waals surface area contributed by atoms with Gasteiger partial charge >= 0.3 is 12.1 Å². The van der Waals surface area contributed by atoms with Gasteiger partial charge in [0.15, 0.2) is 0 Å². The van der Waals surface area contributed by atoms with Crippen LogP contribution in [-0.2, 0) is 23.8 Å². The minimum absolute atomic E-state index is 0.0954. The Bertz CT molecular complexity index is 1040. The summed E-state index contributed by atoms with van der Waals surface area (Å²) in [6.07, 6.45) is -1.42. The fraction of sp³-hybridized carbons (Fsp3) is 0.423. The highest BCUT2D eigenvalue weighted by Crippen LogP contribution is 2.44. The summed E-state index contributed by atoms with van der Waals surface area (Å²) >= 11 is 0. The van der Waals surface area contributed by atoms with E-state index in [1.807, 2.05) is 36.4 Å². The number of benzene rings is 2. The van der Waals surface area contributed by atoms with Crippen LogP contribution in [0.4, 0.5) is 4.79 Å². The summed E-state index contributed by atoms with van der Waals surface area (Å²) in [5, 5.41) is 14.4. The molecule has 1 aliphatic heterocycles. The number of carboxylic acid groups (broad SMARTS) is 1. The predicted molar refractivity (Wildman–Crippen MR) is 127 cm³/mol. The molecular weight excluding hydrogens is 452 g/mol. The van der Waals surface area contributed by atoms with E-state index in [9.17, 15) is 14.4 Å². The Balaban J connectivity index is 1.34. The van der Waals surface area contributed by atoms with Crippen molar-refractivity contribution in [3.8, 4) is 11.1 Å². The van der Waals surface area contributed by atoms with E-state index in [0.717, 1.165) is 22.3 Å². The SMILES string of the molecule is COC(C)C(NC(=O)OCC1c2ccccc2-c2ccccc21)C(=O)NC[C@H]1C[C@@H](C(=O)O)CO1. The van der Waals surface area contributed by atoms with Gasteiger partial charge in [0.2, 0.25) is 5.91 Å². The second kappa shape index (κ2) is 10.9. The molecular formula is C26H30N2O7. The van der Waals surface area contributed by atoms with Crippen molar-refractivity contribution in [1.82, 2.24) is 10.6 Å². The second-order valence-electron chi connectivity index (χ2n) is 8.86. The van der Waals surface area contributed by atoms with Crippen LogP contribution in [0.2, 0.25) is 0 Å². The molecule has 2 aliphatic rings. The third-order valence-corrected chi connectivity index (χ3v) is 6.67. The van der Waals surface area contributed by atoms with Crippen molar-refractivity contribution in [3.63, 3.8) is 0 Å². The number of hydrogen-bond donors (Lipinski definition) is 3. The first-order valence-corrected chi connectivity index (χ1v) is 11.7. The van der Waals surface area contributed by atoms with Gasteiger partial charge in [-0.25, -0.2) is 4.79 Å². The van der Waals surface area contributed by atoms with Crippen LogP contribution in [0, 0.1) is 5.92 Å². The summed E-state index contributed by atoms with van der Waals surface area (Å²) in [4.78, 5) is 36.6. The molecule has 2 aromatic rings. The number of carbonyl (C=O) groups excluding carboxylic acids is 2. The maximum absolute atomic E-state index is 12.8. The average Bonchev–Trinajstić information content (AvgIpc) is 3.47. The normalized spacial score (nSPS) is 20.4. The number of methoxy groups -OCH3 is 1. The molecule has 2 amide bonds. The van der Waals surface area contributed by atoms with Gasteiger partial charge in [-0.3, -0.25) is 9.59 Å². The number of alkyl carbamates (subject to hydrolysis) is 1. The summed E-state index contributed by atoms with van der Waals surface area (Å²) in [5.41, 5.74) is 4.44. The standard InChI is InChI=1S/C26H30N2O7/c1-15(33-2)23(24(29)27-12-17-11-16(13-34-17)25(30)31)28-26(32)35-14-22-20-9-5-3-7-18(20)19-8-4-6-10-21(19)22/h3-10,15-17,22-23H,11-14H2,1-2H3,(H,27,29)(H,28,32)(H,30,31)/t15?,16-,17-,23?/m1/s1. The highest BCUT2D eigenvalue weighted by Gasteiger charge is 2.33. The molecule has 9 nitrogen and oxygen atoms in total. The molecule has 4 atom stereocenters. The molecule has 0 bridgehead atoms. The largest absolute Gasteiger partial charge is 0.481 e. The van der Waals surface area contributed by atoms with Gasteiger partial charge in [-0.15, -0.1) is 0 Å². The molecule has 35 heavy (non-hydrogen) atoms. The quantitative estimate of drug-likeness (QED) is 0.502. The number of hydrogen-bond acceptors (Lipinski definition) is 6. The Kier molecular flexibility index (Phi) is 7.67. The van der Waals surface area contributed by atoms with Crippen molar-refractivity contribution in [2.24, 2.45) is 5.92 Å². The van der Waals surface area contributed by atoms with E-state index in [4.69, 9.17) is 19.3 Å². The maximum atomic E-state index is 12.8. The molecule has 1 fully saturated rings. The molecule has 2 unspecified atom stereocenters. The van der Waals surface area contributed by atoms with Crippen LogP contribution in [0.5, 0.6) is 0 Å². The van der Waals surface area contributed by atoms with E-state index < -0.39 is 42.1 Å². The van der Waals surface area contributed by atoms with Gasteiger partial charge in [-0.05, 0) is 35.6 Å². The lowest BCUT2D eigenvalue weighted by molar-refractivity contribution is -0.141. The topological polar surface area (TPSA) is 123 Å². The molecule has 1 saturated heterocycles. The van der Waals surface area contributed by atoms with Gasteiger partial charge in [0.05, 0.1) is 24.7 Å². The number of fused-ring (bicyclic) bond motifs is 3. The summed E-state index contributed by atoms with van der Waals surface area (Å²) in [5.74, 6) is -2.05. The highest BCUT2D eigenvalue weighted by molar-refractivity contribution is 5.86. The van der Waals surface area contributed by atoms with Gasteiger partial charge in [-0.1, -0.05) is 48.5 Å². The molecule has 0 aromatic heterocycles. The van der Waals surface area contributed by atoms with Crippen LogP contribution in [0.15, 0.2) is 48.5 Å². The average molecular weight is 483 g/mol. The van der Waals surface area contributed by atoms with Crippen LogP contribution in [0.25, 0.3) is 11.1 Å². The van der Waals surface area contributed by atoms with E-state index in [1.165, 1.54) is 7.11 Å². The maximum Gasteiger partial charge on any atom is 0.407 e. The Hall–Kier alpha value is -3.43. The minimum atomic E-state index is -0.993.